The van der Waals surface area contributed by atoms with Gasteiger partial charge in [-0.05, 0) is 31.1 Å². The Hall–Kier alpha value is -2.22. The van der Waals surface area contributed by atoms with Crippen LogP contribution in [-0.2, 0) is 0 Å². The predicted molar refractivity (Wildman–Crippen MR) is 66.1 cm³/mol. The third-order valence-corrected chi connectivity index (χ3v) is 3.18. The number of carboxylic acid groups (broad SMARTS) is 1. The van der Waals surface area contributed by atoms with Crippen LogP contribution in [0, 0.1) is 17.2 Å². The standard InChI is InChI=1S/C13H15N3O2/c14-10-11-3-7-15(8-4-11)12-2-1-6-16(9-5-12)13(17)18/h1-2,5-6,9,11H,3-4,7-8H2,(H,17,18). The van der Waals surface area contributed by atoms with E-state index < -0.39 is 6.09 Å². The normalized spacial score (nSPS) is 20.3. The zero-order valence-electron chi connectivity index (χ0n) is 9.99. The fourth-order valence-electron chi connectivity index (χ4n) is 2.10. The van der Waals surface area contributed by atoms with Crippen molar-refractivity contribution >= 4 is 6.09 Å². The number of hydrogen-bond donors (Lipinski definition) is 1. The minimum absolute atomic E-state index is 0.155. The van der Waals surface area contributed by atoms with Crippen LogP contribution in [0.15, 0.2) is 36.3 Å². The van der Waals surface area contributed by atoms with Crippen LogP contribution in [0.25, 0.3) is 0 Å². The number of piperidine rings is 1. The molecule has 5 nitrogen and oxygen atoms in total. The molecule has 0 atom stereocenters. The first kappa shape index (κ1) is 12.2. The van der Waals surface area contributed by atoms with Crippen LogP contribution in [-0.4, -0.2) is 34.1 Å². The second-order valence-corrected chi connectivity index (χ2v) is 4.33. The summed E-state index contributed by atoms with van der Waals surface area (Å²) in [6.07, 6.45) is 9.19. The van der Waals surface area contributed by atoms with Gasteiger partial charge in [-0.15, -0.1) is 0 Å². The third kappa shape index (κ3) is 2.72. The van der Waals surface area contributed by atoms with Crippen molar-refractivity contribution in [1.29, 1.82) is 5.26 Å². The largest absolute Gasteiger partial charge is 0.464 e. The third-order valence-electron chi connectivity index (χ3n) is 3.18. The van der Waals surface area contributed by atoms with E-state index in [9.17, 15) is 4.79 Å². The lowest BCUT2D eigenvalue weighted by molar-refractivity contribution is 0.175. The summed E-state index contributed by atoms with van der Waals surface area (Å²) in [7, 11) is 0. The lowest BCUT2D eigenvalue weighted by Gasteiger charge is -2.31. The smallest absolute Gasteiger partial charge is 0.415 e. The monoisotopic (exact) mass is 245 g/mol. The van der Waals surface area contributed by atoms with Gasteiger partial charge in [0.05, 0.1) is 6.07 Å². The van der Waals surface area contributed by atoms with E-state index in [0.717, 1.165) is 36.5 Å². The quantitative estimate of drug-likeness (QED) is 0.768. The number of carbonyl (C=O) groups is 1. The summed E-state index contributed by atoms with van der Waals surface area (Å²) in [4.78, 5) is 14.1. The number of hydrogen-bond acceptors (Lipinski definition) is 3. The van der Waals surface area contributed by atoms with Gasteiger partial charge in [0.25, 0.3) is 0 Å². The van der Waals surface area contributed by atoms with Gasteiger partial charge in [-0.3, -0.25) is 4.90 Å². The van der Waals surface area contributed by atoms with Crippen molar-refractivity contribution in [3.8, 4) is 6.07 Å². The summed E-state index contributed by atoms with van der Waals surface area (Å²) >= 11 is 0. The molecule has 2 rings (SSSR count). The highest BCUT2D eigenvalue weighted by molar-refractivity contribution is 5.68. The maximum absolute atomic E-state index is 10.8. The van der Waals surface area contributed by atoms with E-state index in [1.165, 1.54) is 12.4 Å². The van der Waals surface area contributed by atoms with E-state index >= 15 is 0 Å². The van der Waals surface area contributed by atoms with Crippen LogP contribution in [0.4, 0.5) is 4.79 Å². The van der Waals surface area contributed by atoms with Crippen molar-refractivity contribution in [2.75, 3.05) is 13.1 Å². The molecule has 1 N–H and O–H groups in total. The molecular formula is C13H15N3O2. The van der Waals surface area contributed by atoms with Crippen molar-refractivity contribution < 1.29 is 9.90 Å². The number of allylic oxidation sites excluding steroid dienone is 3. The lowest BCUT2D eigenvalue weighted by atomic mass is 9.98. The average Bonchev–Trinajstić information content (AvgIpc) is 2.64. The van der Waals surface area contributed by atoms with Crippen molar-refractivity contribution in [3.63, 3.8) is 0 Å². The second kappa shape index (κ2) is 5.41. The molecule has 0 aliphatic carbocycles. The molecule has 18 heavy (non-hydrogen) atoms. The molecule has 1 amide bonds. The Bertz CT molecular complexity index is 451. The molecule has 1 fully saturated rings. The lowest BCUT2D eigenvalue weighted by Crippen LogP contribution is -2.32. The molecule has 2 aliphatic rings. The Labute approximate surface area is 106 Å². The van der Waals surface area contributed by atoms with Gasteiger partial charge in [0, 0.05) is 37.1 Å². The van der Waals surface area contributed by atoms with Crippen molar-refractivity contribution in [3.05, 3.63) is 36.3 Å². The minimum atomic E-state index is -1.000. The van der Waals surface area contributed by atoms with E-state index in [1.54, 1.807) is 12.2 Å². The molecule has 1 saturated heterocycles. The van der Waals surface area contributed by atoms with E-state index in [-0.39, 0.29) is 5.92 Å². The number of nitriles is 1. The average molecular weight is 245 g/mol. The summed E-state index contributed by atoms with van der Waals surface area (Å²) in [5.74, 6) is 0.155. The molecular weight excluding hydrogens is 230 g/mol. The molecule has 5 heteroatoms. The Morgan fingerprint density at radius 3 is 2.72 bits per heavy atom. The zero-order valence-corrected chi connectivity index (χ0v) is 9.99. The van der Waals surface area contributed by atoms with Crippen LogP contribution in [0.1, 0.15) is 12.8 Å². The maximum atomic E-state index is 10.8. The molecule has 0 unspecified atom stereocenters. The molecule has 2 heterocycles. The molecule has 0 bridgehead atoms. The van der Waals surface area contributed by atoms with Gasteiger partial charge in [0.1, 0.15) is 0 Å². The highest BCUT2D eigenvalue weighted by Crippen LogP contribution is 2.21. The second-order valence-electron chi connectivity index (χ2n) is 4.33. The first-order valence-corrected chi connectivity index (χ1v) is 5.93. The summed E-state index contributed by atoms with van der Waals surface area (Å²) in [5, 5.41) is 17.7. The van der Waals surface area contributed by atoms with Gasteiger partial charge in [0.15, 0.2) is 0 Å². The predicted octanol–water partition coefficient (Wildman–Crippen LogP) is 2.13. The Kier molecular flexibility index (Phi) is 3.68. The van der Waals surface area contributed by atoms with Gasteiger partial charge >= 0.3 is 6.09 Å². The fraction of sp³-hybridized carbons (Fsp3) is 0.385. The van der Waals surface area contributed by atoms with E-state index in [4.69, 9.17) is 10.4 Å². The van der Waals surface area contributed by atoms with Crippen LogP contribution < -0.4 is 0 Å². The van der Waals surface area contributed by atoms with Crippen molar-refractivity contribution in [1.82, 2.24) is 9.80 Å². The molecule has 0 aromatic carbocycles. The van der Waals surface area contributed by atoms with E-state index in [0.29, 0.717) is 0 Å². The number of likely N-dealkylation sites (tertiary alicyclic amines) is 1. The first-order valence-electron chi connectivity index (χ1n) is 5.93. The molecule has 0 aromatic rings. The molecule has 2 aliphatic heterocycles. The molecule has 0 aromatic heterocycles. The highest BCUT2D eigenvalue weighted by Gasteiger charge is 2.19. The first-order chi connectivity index (χ1) is 8.70. The molecule has 0 saturated carbocycles. The number of rotatable bonds is 1. The van der Waals surface area contributed by atoms with Crippen LogP contribution >= 0.6 is 0 Å². The summed E-state index contributed by atoms with van der Waals surface area (Å²) < 4.78 is 0. The summed E-state index contributed by atoms with van der Waals surface area (Å²) in [5.41, 5.74) is 0.992. The van der Waals surface area contributed by atoms with Crippen LogP contribution in [0.5, 0.6) is 0 Å². The van der Waals surface area contributed by atoms with Crippen LogP contribution in [0.2, 0.25) is 0 Å². The van der Waals surface area contributed by atoms with Crippen molar-refractivity contribution in [2.45, 2.75) is 12.8 Å². The fourth-order valence-corrected chi connectivity index (χ4v) is 2.10. The number of nitrogens with zero attached hydrogens (tertiary/aromatic N) is 3. The summed E-state index contributed by atoms with van der Waals surface area (Å²) in [6.45, 7) is 1.69. The topological polar surface area (TPSA) is 67.6 Å². The van der Waals surface area contributed by atoms with E-state index in [1.807, 2.05) is 6.08 Å². The van der Waals surface area contributed by atoms with Gasteiger partial charge < -0.3 is 10.0 Å². The zero-order chi connectivity index (χ0) is 13.0. The minimum Gasteiger partial charge on any atom is -0.464 e. The van der Waals surface area contributed by atoms with Crippen LogP contribution in [0.3, 0.4) is 0 Å². The van der Waals surface area contributed by atoms with Gasteiger partial charge in [-0.1, -0.05) is 0 Å². The highest BCUT2D eigenvalue weighted by atomic mass is 16.4. The SMILES string of the molecule is N#CC1CCN(C2=CC=CN(C(=O)O)C=C2)CC1. The van der Waals surface area contributed by atoms with E-state index in [2.05, 4.69) is 11.0 Å². The van der Waals surface area contributed by atoms with Gasteiger partial charge in [-0.2, -0.15) is 5.26 Å². The van der Waals surface area contributed by atoms with Gasteiger partial charge in [-0.25, -0.2) is 4.79 Å². The Morgan fingerprint density at radius 1 is 1.39 bits per heavy atom. The maximum Gasteiger partial charge on any atom is 0.415 e. The Morgan fingerprint density at radius 2 is 2.11 bits per heavy atom. The summed E-state index contributed by atoms with van der Waals surface area (Å²) in [6, 6.07) is 2.30. The van der Waals surface area contributed by atoms with Crippen molar-refractivity contribution in [2.24, 2.45) is 5.92 Å². The molecule has 0 radical (unpaired) electrons. The Balaban J connectivity index is 2.01. The van der Waals surface area contributed by atoms with Gasteiger partial charge in [0.2, 0.25) is 0 Å². The number of amides is 1. The molecule has 0 spiro atoms. The molecule has 94 valence electrons.